The molecular formula is C15H11ClF2N2S. The van der Waals surface area contributed by atoms with Gasteiger partial charge in [0.1, 0.15) is 0 Å². The zero-order chi connectivity index (χ0) is 14.8. The minimum absolute atomic E-state index is 0.555. The summed E-state index contributed by atoms with van der Waals surface area (Å²) in [6.45, 7) is 0. The van der Waals surface area contributed by atoms with Gasteiger partial charge in [-0.05, 0) is 35.7 Å². The molecule has 2 nitrogen and oxygen atoms in total. The first kappa shape index (κ1) is 14.2. The Morgan fingerprint density at radius 1 is 1.14 bits per heavy atom. The van der Waals surface area contributed by atoms with Gasteiger partial charge in [-0.3, -0.25) is 0 Å². The second-order valence-corrected chi connectivity index (χ2v) is 5.75. The first-order valence-corrected chi connectivity index (χ1v) is 7.58. The Hall–Kier alpha value is -1.72. The number of rotatable bonds is 4. The SMILES string of the molecule is Fc1cc2[nH]cc(NSCc3cccc(Cl)c3)c2cc1F. The van der Waals surface area contributed by atoms with E-state index in [0.29, 0.717) is 21.7 Å². The van der Waals surface area contributed by atoms with Crippen molar-refractivity contribution >= 4 is 40.1 Å². The number of benzene rings is 2. The Balaban J connectivity index is 1.72. The third-order valence-electron chi connectivity index (χ3n) is 3.03. The zero-order valence-electron chi connectivity index (χ0n) is 10.8. The van der Waals surface area contributed by atoms with Crippen molar-refractivity contribution in [1.82, 2.24) is 4.98 Å². The predicted molar refractivity (Wildman–Crippen MR) is 84.6 cm³/mol. The molecule has 0 saturated heterocycles. The van der Waals surface area contributed by atoms with E-state index in [0.717, 1.165) is 17.3 Å². The van der Waals surface area contributed by atoms with Gasteiger partial charge >= 0.3 is 0 Å². The highest BCUT2D eigenvalue weighted by molar-refractivity contribution is 7.99. The van der Waals surface area contributed by atoms with E-state index in [1.807, 2.05) is 24.3 Å². The minimum Gasteiger partial charge on any atom is -0.359 e. The highest BCUT2D eigenvalue weighted by Gasteiger charge is 2.09. The first-order valence-electron chi connectivity index (χ1n) is 6.22. The largest absolute Gasteiger partial charge is 0.359 e. The van der Waals surface area contributed by atoms with Crippen molar-refractivity contribution in [3.05, 3.63) is 64.8 Å². The van der Waals surface area contributed by atoms with Crippen molar-refractivity contribution in [2.24, 2.45) is 0 Å². The second kappa shape index (κ2) is 5.95. The molecule has 1 heterocycles. The van der Waals surface area contributed by atoms with E-state index in [9.17, 15) is 8.78 Å². The van der Waals surface area contributed by atoms with Crippen molar-refractivity contribution < 1.29 is 8.78 Å². The molecule has 0 fully saturated rings. The van der Waals surface area contributed by atoms with Crippen LogP contribution >= 0.6 is 23.5 Å². The zero-order valence-corrected chi connectivity index (χ0v) is 12.4. The molecule has 0 spiro atoms. The van der Waals surface area contributed by atoms with Crippen molar-refractivity contribution in [3.8, 4) is 0 Å². The summed E-state index contributed by atoms with van der Waals surface area (Å²) in [5, 5.41) is 1.31. The Morgan fingerprint density at radius 2 is 1.95 bits per heavy atom. The van der Waals surface area contributed by atoms with Gasteiger partial charge in [0, 0.05) is 28.4 Å². The van der Waals surface area contributed by atoms with E-state index < -0.39 is 11.6 Å². The Labute approximate surface area is 129 Å². The molecule has 3 aromatic rings. The first-order chi connectivity index (χ1) is 10.1. The van der Waals surface area contributed by atoms with Crippen LogP contribution < -0.4 is 4.72 Å². The molecule has 0 aliphatic carbocycles. The average molecular weight is 325 g/mol. The van der Waals surface area contributed by atoms with Crippen LogP contribution in [0.25, 0.3) is 10.9 Å². The van der Waals surface area contributed by atoms with Gasteiger partial charge in [0.15, 0.2) is 11.6 Å². The molecule has 0 atom stereocenters. The van der Waals surface area contributed by atoms with Crippen LogP contribution in [0.15, 0.2) is 42.6 Å². The summed E-state index contributed by atoms with van der Waals surface area (Å²) in [5.74, 6) is -1.01. The van der Waals surface area contributed by atoms with Crippen LogP contribution in [0.1, 0.15) is 5.56 Å². The van der Waals surface area contributed by atoms with Crippen LogP contribution in [-0.2, 0) is 5.75 Å². The lowest BCUT2D eigenvalue weighted by molar-refractivity contribution is 0.511. The van der Waals surface area contributed by atoms with Crippen LogP contribution in [0.2, 0.25) is 5.02 Å². The third-order valence-corrected chi connectivity index (χ3v) is 4.11. The molecule has 21 heavy (non-hydrogen) atoms. The normalized spacial score (nSPS) is 11.0. The lowest BCUT2D eigenvalue weighted by Crippen LogP contribution is -1.89. The van der Waals surface area contributed by atoms with Gasteiger partial charge in [0.05, 0.1) is 11.2 Å². The number of nitrogens with one attached hydrogen (secondary N) is 2. The number of hydrogen-bond acceptors (Lipinski definition) is 2. The number of aromatic nitrogens is 1. The molecule has 6 heteroatoms. The van der Waals surface area contributed by atoms with Gasteiger partial charge < -0.3 is 9.71 Å². The number of aromatic amines is 1. The standard InChI is InChI=1S/C15H11ClF2N2S/c16-10-3-1-2-9(4-10)8-21-20-15-7-19-14-6-13(18)12(17)5-11(14)15/h1-7,19-20H,8H2. The van der Waals surface area contributed by atoms with Gasteiger partial charge in [-0.1, -0.05) is 23.7 Å². The molecule has 108 valence electrons. The van der Waals surface area contributed by atoms with E-state index in [2.05, 4.69) is 9.71 Å². The van der Waals surface area contributed by atoms with Crippen LogP contribution in [0.3, 0.4) is 0 Å². The monoisotopic (exact) mass is 324 g/mol. The van der Waals surface area contributed by atoms with Crippen molar-refractivity contribution in [2.45, 2.75) is 5.75 Å². The number of H-pyrrole nitrogens is 1. The number of halogens is 3. The molecule has 1 aromatic heterocycles. The molecular weight excluding hydrogens is 314 g/mol. The van der Waals surface area contributed by atoms with Gasteiger partial charge in [-0.2, -0.15) is 0 Å². The summed E-state index contributed by atoms with van der Waals surface area (Å²) in [6.07, 6.45) is 1.69. The maximum absolute atomic E-state index is 13.3. The highest BCUT2D eigenvalue weighted by Crippen LogP contribution is 2.28. The summed E-state index contributed by atoms with van der Waals surface area (Å²) in [4.78, 5) is 2.91. The van der Waals surface area contributed by atoms with Crippen molar-refractivity contribution in [1.29, 1.82) is 0 Å². The fourth-order valence-electron chi connectivity index (χ4n) is 2.03. The maximum atomic E-state index is 13.3. The maximum Gasteiger partial charge on any atom is 0.160 e. The summed E-state index contributed by atoms with van der Waals surface area (Å²) in [5.41, 5.74) is 2.35. The van der Waals surface area contributed by atoms with Crippen LogP contribution in [0.5, 0.6) is 0 Å². The second-order valence-electron chi connectivity index (χ2n) is 4.53. The number of hydrogen-bond donors (Lipinski definition) is 2. The number of fused-ring (bicyclic) bond motifs is 1. The topological polar surface area (TPSA) is 27.8 Å². The molecule has 3 rings (SSSR count). The van der Waals surface area contributed by atoms with Gasteiger partial charge in [-0.15, -0.1) is 0 Å². The molecule has 0 aliphatic heterocycles. The summed E-state index contributed by atoms with van der Waals surface area (Å²) in [6, 6.07) is 9.91. The summed E-state index contributed by atoms with van der Waals surface area (Å²) >= 11 is 7.37. The lowest BCUT2D eigenvalue weighted by atomic mass is 10.2. The quantitative estimate of drug-likeness (QED) is 0.632. The van der Waals surface area contributed by atoms with Gasteiger partial charge in [0.2, 0.25) is 0 Å². The smallest absolute Gasteiger partial charge is 0.160 e. The van der Waals surface area contributed by atoms with Crippen LogP contribution in [-0.4, -0.2) is 4.98 Å². The summed E-state index contributed by atoms with van der Waals surface area (Å²) < 4.78 is 29.6. The van der Waals surface area contributed by atoms with Gasteiger partial charge in [-0.25, -0.2) is 8.78 Å². The highest BCUT2D eigenvalue weighted by atomic mass is 35.5. The fraction of sp³-hybridized carbons (Fsp3) is 0.0667. The minimum atomic E-state index is -0.859. The van der Waals surface area contributed by atoms with E-state index in [-0.39, 0.29) is 0 Å². The lowest BCUT2D eigenvalue weighted by Gasteiger charge is -2.05. The predicted octanol–water partition coefficient (Wildman–Crippen LogP) is 5.36. The molecule has 2 aromatic carbocycles. The van der Waals surface area contributed by atoms with Crippen molar-refractivity contribution in [3.63, 3.8) is 0 Å². The van der Waals surface area contributed by atoms with E-state index in [4.69, 9.17) is 11.6 Å². The van der Waals surface area contributed by atoms with E-state index >= 15 is 0 Å². The summed E-state index contributed by atoms with van der Waals surface area (Å²) in [7, 11) is 0. The van der Waals surface area contributed by atoms with Crippen LogP contribution in [0.4, 0.5) is 14.5 Å². The molecule has 0 unspecified atom stereocenters. The Morgan fingerprint density at radius 3 is 2.76 bits per heavy atom. The molecule has 0 radical (unpaired) electrons. The Kier molecular flexibility index (Phi) is 4.03. The fourth-order valence-corrected chi connectivity index (χ4v) is 2.98. The Bertz CT molecular complexity index is 788. The molecule has 0 aliphatic rings. The van der Waals surface area contributed by atoms with Gasteiger partial charge in [0.25, 0.3) is 0 Å². The van der Waals surface area contributed by atoms with Crippen molar-refractivity contribution in [2.75, 3.05) is 4.72 Å². The van der Waals surface area contributed by atoms with E-state index in [1.54, 1.807) is 6.20 Å². The number of anilines is 1. The van der Waals surface area contributed by atoms with Crippen LogP contribution in [0, 0.1) is 11.6 Å². The molecule has 2 N–H and O–H groups in total. The molecule has 0 saturated carbocycles. The van der Waals surface area contributed by atoms with E-state index in [1.165, 1.54) is 18.0 Å². The average Bonchev–Trinajstić information content (AvgIpc) is 2.82. The molecule has 0 bridgehead atoms. The third kappa shape index (κ3) is 3.14. The molecule has 0 amide bonds.